The van der Waals surface area contributed by atoms with Gasteiger partial charge in [0, 0.05) is 17.7 Å². The lowest BCUT2D eigenvalue weighted by Gasteiger charge is -2.12. The van der Waals surface area contributed by atoms with Gasteiger partial charge in [-0.3, -0.25) is 4.79 Å². The van der Waals surface area contributed by atoms with Crippen molar-refractivity contribution in [2.75, 3.05) is 5.32 Å². The van der Waals surface area contributed by atoms with Gasteiger partial charge in [0.1, 0.15) is 12.1 Å². The first-order chi connectivity index (χ1) is 17.9. The smallest absolute Gasteiger partial charge is 0.181 e. The van der Waals surface area contributed by atoms with Gasteiger partial charge in [-0.15, -0.1) is 5.10 Å². The van der Waals surface area contributed by atoms with Crippen LogP contribution >= 0.6 is 12.2 Å². The maximum atomic E-state index is 12.7. The molecule has 1 N–H and O–H groups in total. The number of anilines is 1. The van der Waals surface area contributed by atoms with E-state index in [1.54, 1.807) is 11.0 Å². The Morgan fingerprint density at radius 1 is 1.03 bits per heavy atom. The van der Waals surface area contributed by atoms with E-state index in [9.17, 15) is 4.79 Å². The second-order valence-corrected chi connectivity index (χ2v) is 10.5. The lowest BCUT2D eigenvalue weighted by molar-refractivity contribution is -0.118. The predicted molar refractivity (Wildman–Crippen MR) is 153 cm³/mol. The van der Waals surface area contributed by atoms with Gasteiger partial charge in [0.05, 0.1) is 17.1 Å². The second kappa shape index (κ2) is 10.8. The zero-order valence-corrected chi connectivity index (χ0v) is 22.4. The molecule has 4 aromatic rings. The molecule has 3 aromatic carbocycles. The fraction of sp³-hybridized carbons (Fsp3) is 0.290. The molecule has 1 aromatic heterocycles. The molecular formula is C31H32N4OS. The van der Waals surface area contributed by atoms with E-state index in [4.69, 9.17) is 12.2 Å². The zero-order chi connectivity index (χ0) is 25.9. The number of benzene rings is 3. The minimum absolute atomic E-state index is 0.207. The highest BCUT2D eigenvalue weighted by Gasteiger charge is 2.39. The Bertz CT molecular complexity index is 1420. The van der Waals surface area contributed by atoms with Crippen LogP contribution < -0.4 is 5.32 Å². The SMILES string of the molecule is CCc1ccc(C)cc1NC(=S)CC(=O)CC1CC1c1ccc(-c2ncn(-c3ccc(C)cc3)n2)cc1. The molecule has 0 bridgehead atoms. The van der Waals surface area contributed by atoms with Crippen LogP contribution in [0.5, 0.6) is 0 Å². The van der Waals surface area contributed by atoms with Gasteiger partial charge in [-0.05, 0) is 73.4 Å². The fourth-order valence-corrected chi connectivity index (χ4v) is 5.10. The number of Topliss-reactive ketones (excluding diaryl/α,β-unsaturated/α-hetero) is 1. The number of carbonyl (C=O) groups is 1. The first-order valence-corrected chi connectivity index (χ1v) is 13.3. The maximum absolute atomic E-state index is 12.7. The van der Waals surface area contributed by atoms with Crippen molar-refractivity contribution >= 4 is 28.7 Å². The minimum atomic E-state index is 0.207. The van der Waals surface area contributed by atoms with Crippen LogP contribution in [-0.2, 0) is 11.2 Å². The summed E-state index contributed by atoms with van der Waals surface area (Å²) >= 11 is 5.51. The van der Waals surface area contributed by atoms with Crippen molar-refractivity contribution in [3.8, 4) is 17.1 Å². The third-order valence-electron chi connectivity index (χ3n) is 7.08. The van der Waals surface area contributed by atoms with Crippen LogP contribution in [0, 0.1) is 19.8 Å². The van der Waals surface area contributed by atoms with Gasteiger partial charge in [-0.2, -0.15) is 0 Å². The monoisotopic (exact) mass is 508 g/mol. The molecule has 188 valence electrons. The fourth-order valence-electron chi connectivity index (χ4n) is 4.83. The number of carbonyl (C=O) groups excluding carboxylic acids is 1. The van der Waals surface area contributed by atoms with E-state index >= 15 is 0 Å². The van der Waals surface area contributed by atoms with Gasteiger partial charge < -0.3 is 5.32 Å². The number of nitrogens with one attached hydrogen (secondary N) is 1. The summed E-state index contributed by atoms with van der Waals surface area (Å²) in [5, 5.41) is 7.94. The van der Waals surface area contributed by atoms with Crippen LogP contribution in [0.2, 0.25) is 0 Å². The normalized spacial score (nSPS) is 16.4. The summed E-state index contributed by atoms with van der Waals surface area (Å²) in [6.07, 6.45) is 4.59. The molecule has 37 heavy (non-hydrogen) atoms. The van der Waals surface area contributed by atoms with Gasteiger partial charge in [0.2, 0.25) is 0 Å². The van der Waals surface area contributed by atoms with E-state index in [0.717, 1.165) is 29.8 Å². The number of thiocarbonyl (C=S) groups is 1. The Morgan fingerprint density at radius 2 is 1.76 bits per heavy atom. The van der Waals surface area contributed by atoms with Crippen LogP contribution in [0.4, 0.5) is 5.69 Å². The quantitative estimate of drug-likeness (QED) is 0.247. The average molecular weight is 509 g/mol. The van der Waals surface area contributed by atoms with E-state index in [2.05, 4.69) is 90.8 Å². The van der Waals surface area contributed by atoms with Crippen LogP contribution in [0.15, 0.2) is 73.1 Å². The Hall–Kier alpha value is -3.64. The van der Waals surface area contributed by atoms with Crippen molar-refractivity contribution in [3.05, 3.63) is 95.3 Å². The number of aryl methyl sites for hydroxylation is 3. The van der Waals surface area contributed by atoms with Crippen molar-refractivity contribution in [1.82, 2.24) is 14.8 Å². The summed E-state index contributed by atoms with van der Waals surface area (Å²) in [4.78, 5) is 17.8. The third kappa shape index (κ3) is 6.03. The van der Waals surface area contributed by atoms with Crippen molar-refractivity contribution in [2.24, 2.45) is 5.92 Å². The molecule has 5 rings (SSSR count). The molecule has 1 fully saturated rings. The van der Waals surface area contributed by atoms with E-state index in [-0.39, 0.29) is 5.78 Å². The number of ketones is 1. The maximum Gasteiger partial charge on any atom is 0.181 e. The van der Waals surface area contributed by atoms with Crippen LogP contribution in [-0.4, -0.2) is 25.5 Å². The highest BCUT2D eigenvalue weighted by atomic mass is 32.1. The second-order valence-electron chi connectivity index (χ2n) is 10.1. The number of rotatable bonds is 9. The molecule has 2 unspecified atom stereocenters. The Labute approximate surface area is 224 Å². The molecule has 1 saturated carbocycles. The van der Waals surface area contributed by atoms with Crippen molar-refractivity contribution in [2.45, 2.75) is 52.4 Å². The largest absolute Gasteiger partial charge is 0.349 e. The van der Waals surface area contributed by atoms with Crippen LogP contribution in [0.3, 0.4) is 0 Å². The highest BCUT2D eigenvalue weighted by molar-refractivity contribution is 7.80. The Morgan fingerprint density at radius 3 is 2.49 bits per heavy atom. The molecule has 0 aliphatic heterocycles. The number of nitrogens with zero attached hydrogens (tertiary/aromatic N) is 3. The topological polar surface area (TPSA) is 59.8 Å². The van der Waals surface area contributed by atoms with Gasteiger partial charge in [-0.25, -0.2) is 9.67 Å². The summed E-state index contributed by atoms with van der Waals surface area (Å²) in [6, 6.07) is 23.0. The molecule has 0 amide bonds. The van der Waals surface area contributed by atoms with E-state index in [0.29, 0.717) is 35.5 Å². The predicted octanol–water partition coefficient (Wildman–Crippen LogP) is 7.01. The summed E-state index contributed by atoms with van der Waals surface area (Å²) in [5.41, 5.74) is 7.87. The standard InChI is InChI=1S/C31H32N4OS/c1-4-22-8-5-21(3)15-29(22)33-30(37)18-27(36)16-25-17-28(25)23-9-11-24(12-10-23)31-32-19-35(34-31)26-13-6-20(2)7-14-26/h5-15,19,25,28H,4,16-18H2,1-3H3,(H,33,37). The summed E-state index contributed by atoms with van der Waals surface area (Å²) in [7, 11) is 0. The lowest BCUT2D eigenvalue weighted by atomic mass is 10.0. The summed E-state index contributed by atoms with van der Waals surface area (Å²) < 4.78 is 1.80. The van der Waals surface area contributed by atoms with Crippen LogP contribution in [0.25, 0.3) is 17.1 Å². The van der Waals surface area contributed by atoms with E-state index in [1.165, 1.54) is 22.3 Å². The average Bonchev–Trinajstić information content (AvgIpc) is 3.46. The first-order valence-electron chi connectivity index (χ1n) is 12.9. The van der Waals surface area contributed by atoms with Crippen molar-refractivity contribution < 1.29 is 4.79 Å². The van der Waals surface area contributed by atoms with Crippen molar-refractivity contribution in [1.29, 1.82) is 0 Å². The van der Waals surface area contributed by atoms with Gasteiger partial charge in [0.15, 0.2) is 5.82 Å². The molecule has 0 saturated heterocycles. The molecule has 0 radical (unpaired) electrons. The third-order valence-corrected chi connectivity index (χ3v) is 7.32. The molecule has 1 heterocycles. The minimum Gasteiger partial charge on any atom is -0.349 e. The Kier molecular flexibility index (Phi) is 7.28. The van der Waals surface area contributed by atoms with E-state index < -0.39 is 0 Å². The zero-order valence-electron chi connectivity index (χ0n) is 21.6. The molecule has 5 nitrogen and oxygen atoms in total. The van der Waals surface area contributed by atoms with Crippen molar-refractivity contribution in [3.63, 3.8) is 0 Å². The van der Waals surface area contributed by atoms with Gasteiger partial charge >= 0.3 is 0 Å². The molecular weight excluding hydrogens is 476 g/mol. The molecule has 2 atom stereocenters. The molecule has 6 heteroatoms. The lowest BCUT2D eigenvalue weighted by Crippen LogP contribution is -2.16. The number of hydrogen-bond donors (Lipinski definition) is 1. The van der Waals surface area contributed by atoms with Gasteiger partial charge in [-0.1, -0.05) is 73.2 Å². The highest BCUT2D eigenvalue weighted by Crippen LogP contribution is 2.50. The Balaban J connectivity index is 1.14. The molecule has 0 spiro atoms. The number of hydrogen-bond acceptors (Lipinski definition) is 4. The molecule has 1 aliphatic rings. The summed E-state index contributed by atoms with van der Waals surface area (Å²) in [5.74, 6) is 1.74. The van der Waals surface area contributed by atoms with Crippen LogP contribution in [0.1, 0.15) is 54.4 Å². The molecule has 1 aliphatic carbocycles. The first kappa shape index (κ1) is 25.0. The number of aromatic nitrogens is 3. The van der Waals surface area contributed by atoms with Gasteiger partial charge in [0.25, 0.3) is 0 Å². The van der Waals surface area contributed by atoms with E-state index in [1.807, 2.05) is 12.1 Å². The summed E-state index contributed by atoms with van der Waals surface area (Å²) in [6.45, 7) is 6.25.